The highest BCUT2D eigenvalue weighted by molar-refractivity contribution is 5.33. The van der Waals surface area contributed by atoms with E-state index in [-0.39, 0.29) is 0 Å². The van der Waals surface area contributed by atoms with Gasteiger partial charge in [0.05, 0.1) is 7.11 Å². The van der Waals surface area contributed by atoms with E-state index in [4.69, 9.17) is 9.47 Å². The lowest BCUT2D eigenvalue weighted by Crippen LogP contribution is -2.29. The van der Waals surface area contributed by atoms with Gasteiger partial charge in [0, 0.05) is 19.3 Å². The molecule has 0 saturated heterocycles. The number of benzene rings is 1. The highest BCUT2D eigenvalue weighted by Gasteiger charge is 2.06. The smallest absolute Gasteiger partial charge is 0.122 e. The topological polar surface area (TPSA) is 30.5 Å². The zero-order valence-corrected chi connectivity index (χ0v) is 11.7. The van der Waals surface area contributed by atoms with Crippen molar-refractivity contribution in [1.29, 1.82) is 0 Å². The average molecular weight is 251 g/mol. The van der Waals surface area contributed by atoms with E-state index in [0.717, 1.165) is 38.3 Å². The Kier molecular flexibility index (Phi) is 7.46. The van der Waals surface area contributed by atoms with Crippen molar-refractivity contribution >= 4 is 0 Å². The van der Waals surface area contributed by atoms with Crippen LogP contribution in [-0.4, -0.2) is 32.9 Å². The van der Waals surface area contributed by atoms with Gasteiger partial charge in [-0.25, -0.2) is 0 Å². The number of hydrogen-bond acceptors (Lipinski definition) is 3. The zero-order chi connectivity index (χ0) is 13.2. The number of methoxy groups -OCH3 is 1. The molecule has 0 aliphatic carbocycles. The maximum Gasteiger partial charge on any atom is 0.122 e. The summed E-state index contributed by atoms with van der Waals surface area (Å²) in [6.45, 7) is 6.86. The summed E-state index contributed by atoms with van der Waals surface area (Å²) in [6, 6.07) is 8.64. The van der Waals surface area contributed by atoms with Crippen LogP contribution in [0.15, 0.2) is 24.3 Å². The normalized spacial score (nSPS) is 12.4. The van der Waals surface area contributed by atoms with Crippen molar-refractivity contribution in [3.63, 3.8) is 0 Å². The van der Waals surface area contributed by atoms with E-state index in [1.807, 2.05) is 19.1 Å². The van der Waals surface area contributed by atoms with Gasteiger partial charge in [0.25, 0.3) is 0 Å². The predicted octanol–water partition coefficient (Wildman–Crippen LogP) is 2.64. The lowest BCUT2D eigenvalue weighted by atomic mass is 10.1. The Morgan fingerprint density at radius 3 is 2.78 bits per heavy atom. The minimum Gasteiger partial charge on any atom is -0.496 e. The Bertz CT molecular complexity index is 328. The first-order valence-electron chi connectivity index (χ1n) is 6.71. The lowest BCUT2D eigenvalue weighted by Gasteiger charge is -2.15. The summed E-state index contributed by atoms with van der Waals surface area (Å²) in [6.07, 6.45) is 2.04. The van der Waals surface area contributed by atoms with Gasteiger partial charge in [0.1, 0.15) is 5.75 Å². The fourth-order valence-corrected chi connectivity index (χ4v) is 1.94. The summed E-state index contributed by atoms with van der Waals surface area (Å²) < 4.78 is 10.7. The van der Waals surface area contributed by atoms with Crippen LogP contribution < -0.4 is 10.1 Å². The van der Waals surface area contributed by atoms with Crippen molar-refractivity contribution in [3.8, 4) is 5.75 Å². The van der Waals surface area contributed by atoms with Gasteiger partial charge >= 0.3 is 0 Å². The minimum atomic E-state index is 0.447. The summed E-state index contributed by atoms with van der Waals surface area (Å²) in [4.78, 5) is 0. The first kappa shape index (κ1) is 15.0. The molecule has 1 aromatic rings. The molecule has 1 rings (SSSR count). The monoisotopic (exact) mass is 251 g/mol. The van der Waals surface area contributed by atoms with Crippen LogP contribution in [0.2, 0.25) is 0 Å². The molecule has 3 heteroatoms. The number of para-hydroxylation sites is 1. The van der Waals surface area contributed by atoms with E-state index in [2.05, 4.69) is 24.4 Å². The molecule has 102 valence electrons. The number of hydrogen-bond donors (Lipinski definition) is 1. The molecule has 1 atom stereocenters. The highest BCUT2D eigenvalue weighted by atomic mass is 16.5. The summed E-state index contributed by atoms with van der Waals surface area (Å²) in [5.41, 5.74) is 1.25. The quantitative estimate of drug-likeness (QED) is 0.684. The lowest BCUT2D eigenvalue weighted by molar-refractivity contribution is 0.144. The average Bonchev–Trinajstić information content (AvgIpc) is 2.39. The van der Waals surface area contributed by atoms with Crippen LogP contribution in [0, 0.1) is 0 Å². The van der Waals surface area contributed by atoms with E-state index in [9.17, 15) is 0 Å². The van der Waals surface area contributed by atoms with Crippen LogP contribution >= 0.6 is 0 Å². The molecular formula is C15H25NO2. The third kappa shape index (κ3) is 5.52. The Hall–Kier alpha value is -1.06. The molecule has 3 nitrogen and oxygen atoms in total. The van der Waals surface area contributed by atoms with Gasteiger partial charge in [-0.2, -0.15) is 0 Å². The molecule has 0 amide bonds. The fourth-order valence-electron chi connectivity index (χ4n) is 1.94. The third-order valence-electron chi connectivity index (χ3n) is 2.88. The second-order valence-electron chi connectivity index (χ2n) is 4.42. The Labute approximate surface area is 110 Å². The first-order chi connectivity index (χ1) is 8.77. The van der Waals surface area contributed by atoms with E-state index in [1.165, 1.54) is 5.56 Å². The second-order valence-corrected chi connectivity index (χ2v) is 4.42. The van der Waals surface area contributed by atoms with Crippen LogP contribution in [-0.2, 0) is 11.2 Å². The van der Waals surface area contributed by atoms with Gasteiger partial charge in [-0.1, -0.05) is 18.2 Å². The predicted molar refractivity (Wildman–Crippen MR) is 75.3 cm³/mol. The highest BCUT2D eigenvalue weighted by Crippen LogP contribution is 2.18. The standard InChI is InChI=1S/C15H25NO2/c1-4-18-11-7-10-16-13(2)12-14-8-5-6-9-15(14)17-3/h5-6,8-9,13,16H,4,7,10-12H2,1-3H3. The fraction of sp³-hybridized carbons (Fsp3) is 0.600. The summed E-state index contributed by atoms with van der Waals surface area (Å²) in [5.74, 6) is 0.973. The summed E-state index contributed by atoms with van der Waals surface area (Å²) >= 11 is 0. The van der Waals surface area contributed by atoms with Crippen molar-refractivity contribution < 1.29 is 9.47 Å². The maximum absolute atomic E-state index is 5.36. The van der Waals surface area contributed by atoms with Crippen molar-refractivity contribution in [2.24, 2.45) is 0 Å². The maximum atomic E-state index is 5.36. The molecular weight excluding hydrogens is 226 g/mol. The van der Waals surface area contributed by atoms with Crippen molar-refractivity contribution in [1.82, 2.24) is 5.32 Å². The molecule has 0 spiro atoms. The van der Waals surface area contributed by atoms with Gasteiger partial charge in [-0.3, -0.25) is 0 Å². The van der Waals surface area contributed by atoms with Crippen LogP contribution in [0.5, 0.6) is 5.75 Å². The van der Waals surface area contributed by atoms with Crippen LogP contribution in [0.4, 0.5) is 0 Å². The van der Waals surface area contributed by atoms with Gasteiger partial charge < -0.3 is 14.8 Å². The Morgan fingerprint density at radius 1 is 1.28 bits per heavy atom. The molecule has 1 unspecified atom stereocenters. The molecule has 0 saturated carbocycles. The van der Waals surface area contributed by atoms with Gasteiger partial charge in [0.15, 0.2) is 0 Å². The van der Waals surface area contributed by atoms with Gasteiger partial charge in [0.2, 0.25) is 0 Å². The van der Waals surface area contributed by atoms with E-state index >= 15 is 0 Å². The molecule has 0 heterocycles. The SMILES string of the molecule is CCOCCCNC(C)Cc1ccccc1OC. The van der Waals surface area contributed by atoms with Crippen LogP contribution in [0.1, 0.15) is 25.8 Å². The molecule has 0 bridgehead atoms. The largest absolute Gasteiger partial charge is 0.496 e. The first-order valence-corrected chi connectivity index (χ1v) is 6.71. The van der Waals surface area contributed by atoms with Crippen molar-refractivity contribution in [2.45, 2.75) is 32.7 Å². The van der Waals surface area contributed by atoms with E-state index < -0.39 is 0 Å². The molecule has 0 aliphatic heterocycles. The van der Waals surface area contributed by atoms with Crippen LogP contribution in [0.25, 0.3) is 0 Å². The molecule has 1 aromatic carbocycles. The second kappa shape index (κ2) is 8.95. The minimum absolute atomic E-state index is 0.447. The van der Waals surface area contributed by atoms with Gasteiger partial charge in [-0.05, 0) is 44.9 Å². The summed E-state index contributed by atoms with van der Waals surface area (Å²) in [5, 5.41) is 3.51. The molecule has 0 fully saturated rings. The Balaban J connectivity index is 2.28. The zero-order valence-electron chi connectivity index (χ0n) is 11.7. The molecule has 0 aromatic heterocycles. The number of ether oxygens (including phenoxy) is 2. The molecule has 18 heavy (non-hydrogen) atoms. The van der Waals surface area contributed by atoms with Crippen molar-refractivity contribution in [3.05, 3.63) is 29.8 Å². The third-order valence-corrected chi connectivity index (χ3v) is 2.88. The summed E-state index contributed by atoms with van der Waals surface area (Å²) in [7, 11) is 1.72. The Morgan fingerprint density at radius 2 is 2.06 bits per heavy atom. The van der Waals surface area contributed by atoms with E-state index in [1.54, 1.807) is 7.11 Å². The van der Waals surface area contributed by atoms with Gasteiger partial charge in [-0.15, -0.1) is 0 Å². The van der Waals surface area contributed by atoms with Crippen molar-refractivity contribution in [2.75, 3.05) is 26.9 Å². The molecule has 0 aliphatic rings. The molecule has 0 radical (unpaired) electrons. The number of rotatable bonds is 9. The molecule has 1 N–H and O–H groups in total. The van der Waals surface area contributed by atoms with E-state index in [0.29, 0.717) is 6.04 Å². The van der Waals surface area contributed by atoms with Crippen LogP contribution in [0.3, 0.4) is 0 Å². The number of nitrogens with one attached hydrogen (secondary N) is 1.